The SMILES string of the molecule is COc1ccccc1CNc1cc(C#N)cc(C)n1. The summed E-state index contributed by atoms with van der Waals surface area (Å²) in [6.07, 6.45) is 0. The van der Waals surface area contributed by atoms with Gasteiger partial charge in [0.1, 0.15) is 11.6 Å². The minimum atomic E-state index is 0.603. The van der Waals surface area contributed by atoms with Crippen molar-refractivity contribution in [3.8, 4) is 11.8 Å². The first kappa shape index (κ1) is 12.9. The number of nitrogens with zero attached hydrogens (tertiary/aromatic N) is 2. The van der Waals surface area contributed by atoms with Crippen LogP contribution >= 0.6 is 0 Å². The van der Waals surface area contributed by atoms with E-state index in [9.17, 15) is 0 Å². The second-order valence-electron chi connectivity index (χ2n) is 4.16. The maximum Gasteiger partial charge on any atom is 0.127 e. The Morgan fingerprint density at radius 1 is 1.32 bits per heavy atom. The van der Waals surface area contributed by atoms with Crippen molar-refractivity contribution in [3.63, 3.8) is 0 Å². The lowest BCUT2D eigenvalue weighted by atomic mass is 10.2. The predicted molar refractivity (Wildman–Crippen MR) is 74.0 cm³/mol. The van der Waals surface area contributed by atoms with Gasteiger partial charge in [-0.25, -0.2) is 4.98 Å². The number of rotatable bonds is 4. The van der Waals surface area contributed by atoms with Crippen LogP contribution in [0.4, 0.5) is 5.82 Å². The number of benzene rings is 1. The first-order valence-electron chi connectivity index (χ1n) is 5.97. The maximum absolute atomic E-state index is 8.93. The molecule has 0 radical (unpaired) electrons. The molecule has 1 aromatic heterocycles. The maximum atomic E-state index is 8.93. The average molecular weight is 253 g/mol. The molecule has 0 fully saturated rings. The minimum Gasteiger partial charge on any atom is -0.496 e. The standard InChI is InChI=1S/C15H15N3O/c1-11-7-12(9-16)8-15(18-11)17-10-13-5-3-4-6-14(13)19-2/h3-8H,10H2,1-2H3,(H,17,18). The van der Waals surface area contributed by atoms with Crippen molar-refractivity contribution < 1.29 is 4.74 Å². The summed E-state index contributed by atoms with van der Waals surface area (Å²) in [6.45, 7) is 2.47. The summed E-state index contributed by atoms with van der Waals surface area (Å²) in [4.78, 5) is 4.35. The number of aromatic nitrogens is 1. The van der Waals surface area contributed by atoms with Crippen LogP contribution in [-0.2, 0) is 6.54 Å². The molecule has 4 nitrogen and oxygen atoms in total. The second-order valence-corrected chi connectivity index (χ2v) is 4.16. The van der Waals surface area contributed by atoms with E-state index in [0.29, 0.717) is 17.9 Å². The van der Waals surface area contributed by atoms with Crippen molar-refractivity contribution in [2.45, 2.75) is 13.5 Å². The van der Waals surface area contributed by atoms with Crippen LogP contribution in [0.25, 0.3) is 0 Å². The van der Waals surface area contributed by atoms with Crippen molar-refractivity contribution in [2.75, 3.05) is 12.4 Å². The number of hydrogen-bond donors (Lipinski definition) is 1. The molecule has 0 spiro atoms. The zero-order valence-electron chi connectivity index (χ0n) is 11.0. The molecule has 0 amide bonds. The van der Waals surface area contributed by atoms with E-state index < -0.39 is 0 Å². The fraction of sp³-hybridized carbons (Fsp3) is 0.200. The Morgan fingerprint density at radius 2 is 2.11 bits per heavy atom. The topological polar surface area (TPSA) is 57.9 Å². The number of nitriles is 1. The molecule has 96 valence electrons. The average Bonchev–Trinajstić information content (AvgIpc) is 2.44. The summed E-state index contributed by atoms with van der Waals surface area (Å²) in [6, 6.07) is 13.4. The summed E-state index contributed by atoms with van der Waals surface area (Å²) >= 11 is 0. The molecule has 0 atom stereocenters. The molecule has 1 heterocycles. The molecule has 4 heteroatoms. The van der Waals surface area contributed by atoms with Gasteiger partial charge in [0.25, 0.3) is 0 Å². The van der Waals surface area contributed by atoms with Gasteiger partial charge < -0.3 is 10.1 Å². The summed E-state index contributed by atoms with van der Waals surface area (Å²) < 4.78 is 5.29. The molecular formula is C15H15N3O. The predicted octanol–water partition coefficient (Wildman–Crippen LogP) is 2.88. The van der Waals surface area contributed by atoms with Crippen molar-refractivity contribution in [3.05, 3.63) is 53.2 Å². The molecule has 0 unspecified atom stereocenters. The number of pyridine rings is 1. The molecular weight excluding hydrogens is 238 g/mol. The third-order valence-corrected chi connectivity index (χ3v) is 2.73. The van der Waals surface area contributed by atoms with Crippen molar-refractivity contribution in [1.29, 1.82) is 5.26 Å². The number of para-hydroxylation sites is 1. The first-order valence-corrected chi connectivity index (χ1v) is 5.97. The van der Waals surface area contributed by atoms with Crippen LogP contribution in [0.2, 0.25) is 0 Å². The Morgan fingerprint density at radius 3 is 2.84 bits per heavy atom. The lowest BCUT2D eigenvalue weighted by Gasteiger charge is -2.10. The fourth-order valence-corrected chi connectivity index (χ4v) is 1.86. The number of ether oxygens (including phenoxy) is 1. The van der Waals surface area contributed by atoms with Gasteiger partial charge in [0.05, 0.1) is 18.7 Å². The van der Waals surface area contributed by atoms with Gasteiger partial charge in [0.2, 0.25) is 0 Å². The summed E-state index contributed by atoms with van der Waals surface area (Å²) in [7, 11) is 1.65. The molecule has 0 aliphatic heterocycles. The van der Waals surface area contributed by atoms with Crippen LogP contribution in [0.15, 0.2) is 36.4 Å². The van der Waals surface area contributed by atoms with Crippen LogP contribution < -0.4 is 10.1 Å². The van der Waals surface area contributed by atoms with E-state index in [4.69, 9.17) is 10.00 Å². The molecule has 0 aliphatic rings. The van der Waals surface area contributed by atoms with Gasteiger partial charge in [-0.15, -0.1) is 0 Å². The first-order chi connectivity index (χ1) is 9.22. The Kier molecular flexibility index (Phi) is 3.99. The van der Waals surface area contributed by atoms with Gasteiger partial charge in [-0.05, 0) is 25.1 Å². The molecule has 2 aromatic rings. The van der Waals surface area contributed by atoms with Gasteiger partial charge >= 0.3 is 0 Å². The summed E-state index contributed by atoms with van der Waals surface area (Å²) in [5, 5.41) is 12.1. The summed E-state index contributed by atoms with van der Waals surface area (Å²) in [5.74, 6) is 1.53. The highest BCUT2D eigenvalue weighted by Gasteiger charge is 2.03. The van der Waals surface area contributed by atoms with Crippen LogP contribution in [0.3, 0.4) is 0 Å². The Labute approximate surface area is 112 Å². The summed E-state index contributed by atoms with van der Waals surface area (Å²) in [5.41, 5.74) is 2.48. The van der Waals surface area contributed by atoms with E-state index >= 15 is 0 Å². The van der Waals surface area contributed by atoms with E-state index in [1.807, 2.05) is 31.2 Å². The van der Waals surface area contributed by atoms with Gasteiger partial charge in [-0.2, -0.15) is 5.26 Å². The Bertz CT molecular complexity index is 617. The lowest BCUT2D eigenvalue weighted by molar-refractivity contribution is 0.410. The number of aryl methyl sites for hydroxylation is 1. The molecule has 0 saturated carbocycles. The zero-order valence-corrected chi connectivity index (χ0v) is 11.0. The van der Waals surface area contributed by atoms with Gasteiger partial charge in [-0.1, -0.05) is 18.2 Å². The molecule has 1 aromatic carbocycles. The highest BCUT2D eigenvalue weighted by atomic mass is 16.5. The minimum absolute atomic E-state index is 0.603. The number of methoxy groups -OCH3 is 1. The van der Waals surface area contributed by atoms with E-state index in [1.165, 1.54) is 0 Å². The molecule has 2 rings (SSSR count). The van der Waals surface area contributed by atoms with Crippen LogP contribution in [-0.4, -0.2) is 12.1 Å². The highest BCUT2D eigenvalue weighted by Crippen LogP contribution is 2.18. The monoisotopic (exact) mass is 253 g/mol. The normalized spacial score (nSPS) is 9.74. The second kappa shape index (κ2) is 5.87. The van der Waals surface area contributed by atoms with Crippen LogP contribution in [0.5, 0.6) is 5.75 Å². The van der Waals surface area contributed by atoms with Gasteiger partial charge in [-0.3, -0.25) is 0 Å². The van der Waals surface area contributed by atoms with Crippen LogP contribution in [0, 0.1) is 18.3 Å². The molecule has 1 N–H and O–H groups in total. The Hall–Kier alpha value is -2.54. The van der Waals surface area contributed by atoms with Gasteiger partial charge in [0, 0.05) is 17.8 Å². The number of nitrogens with one attached hydrogen (secondary N) is 1. The van der Waals surface area contributed by atoms with E-state index in [2.05, 4.69) is 16.4 Å². The van der Waals surface area contributed by atoms with Crippen molar-refractivity contribution in [2.24, 2.45) is 0 Å². The third kappa shape index (κ3) is 3.23. The highest BCUT2D eigenvalue weighted by molar-refractivity contribution is 5.45. The van der Waals surface area contributed by atoms with Gasteiger partial charge in [0.15, 0.2) is 0 Å². The van der Waals surface area contributed by atoms with E-state index in [0.717, 1.165) is 17.0 Å². The smallest absolute Gasteiger partial charge is 0.127 e. The number of hydrogen-bond acceptors (Lipinski definition) is 4. The Balaban J connectivity index is 2.15. The van der Waals surface area contributed by atoms with Crippen molar-refractivity contribution >= 4 is 5.82 Å². The molecule has 0 aliphatic carbocycles. The molecule has 19 heavy (non-hydrogen) atoms. The van der Waals surface area contributed by atoms with Crippen LogP contribution in [0.1, 0.15) is 16.8 Å². The quantitative estimate of drug-likeness (QED) is 0.910. The lowest BCUT2D eigenvalue weighted by Crippen LogP contribution is -2.04. The molecule has 0 bridgehead atoms. The largest absolute Gasteiger partial charge is 0.496 e. The zero-order chi connectivity index (χ0) is 13.7. The fourth-order valence-electron chi connectivity index (χ4n) is 1.86. The number of anilines is 1. The third-order valence-electron chi connectivity index (χ3n) is 2.73. The van der Waals surface area contributed by atoms with E-state index in [1.54, 1.807) is 19.2 Å². The van der Waals surface area contributed by atoms with Crippen molar-refractivity contribution in [1.82, 2.24) is 4.98 Å². The molecule has 0 saturated heterocycles. The van der Waals surface area contributed by atoms with E-state index in [-0.39, 0.29) is 0 Å².